The molecule has 1 saturated carbocycles. The van der Waals surface area contributed by atoms with E-state index in [4.69, 9.17) is 9.72 Å². The molecular formula is C24H35N8O+. The average Bonchev–Trinajstić information content (AvgIpc) is 3.34. The Balaban J connectivity index is 1.36. The van der Waals surface area contributed by atoms with Gasteiger partial charge in [-0.3, -0.25) is 4.98 Å². The molecule has 3 aromatic rings. The smallest absolute Gasteiger partial charge is 0.307 e. The fourth-order valence-electron chi connectivity index (χ4n) is 4.90. The van der Waals surface area contributed by atoms with Crippen molar-refractivity contribution in [1.29, 1.82) is 0 Å². The van der Waals surface area contributed by atoms with Gasteiger partial charge in [0.1, 0.15) is 5.75 Å². The number of anilines is 4. The molecule has 5 rings (SSSR count). The van der Waals surface area contributed by atoms with Gasteiger partial charge in [0.25, 0.3) is 0 Å². The number of piperazine rings is 1. The van der Waals surface area contributed by atoms with Gasteiger partial charge in [-0.15, -0.1) is 0 Å². The molecule has 0 spiro atoms. The van der Waals surface area contributed by atoms with Crippen LogP contribution in [-0.2, 0) is 0 Å². The van der Waals surface area contributed by atoms with Crippen LogP contribution >= 0.6 is 0 Å². The van der Waals surface area contributed by atoms with Crippen molar-refractivity contribution in [2.45, 2.75) is 45.1 Å². The highest BCUT2D eigenvalue weighted by Crippen LogP contribution is 2.33. The van der Waals surface area contributed by atoms with E-state index in [2.05, 4.69) is 60.5 Å². The maximum absolute atomic E-state index is 5.73. The molecule has 1 aliphatic heterocycles. The second kappa shape index (κ2) is 9.82. The van der Waals surface area contributed by atoms with Crippen LogP contribution in [0.4, 0.5) is 23.1 Å². The third kappa shape index (κ3) is 4.83. The van der Waals surface area contributed by atoms with Crippen molar-refractivity contribution in [3.05, 3.63) is 24.5 Å². The monoisotopic (exact) mass is 451 g/mol. The molecular weight excluding hydrogens is 416 g/mol. The minimum atomic E-state index is 0.454. The molecule has 9 heteroatoms. The highest BCUT2D eigenvalue weighted by molar-refractivity contribution is 5.82. The summed E-state index contributed by atoms with van der Waals surface area (Å²) in [5.41, 5.74) is 3.71. The van der Waals surface area contributed by atoms with Crippen LogP contribution < -0.4 is 25.3 Å². The van der Waals surface area contributed by atoms with Crippen molar-refractivity contribution in [3.63, 3.8) is 0 Å². The number of methoxy groups -OCH3 is 1. The predicted octanol–water partition coefficient (Wildman–Crippen LogP) is 3.41. The SMILES string of the molecule is CCN1CCN(c2ccc(Nc3nc(NC4CCCCC4)c4[nH]c[nH+]c4n3)c(OC)c2)CC1. The molecule has 1 aromatic carbocycles. The van der Waals surface area contributed by atoms with Gasteiger partial charge >= 0.3 is 11.6 Å². The number of H-pyrrole nitrogens is 2. The van der Waals surface area contributed by atoms with E-state index in [1.54, 1.807) is 13.4 Å². The summed E-state index contributed by atoms with van der Waals surface area (Å²) in [7, 11) is 1.71. The molecule has 1 aliphatic carbocycles. The number of aromatic amines is 2. The van der Waals surface area contributed by atoms with Crippen LogP contribution in [0.15, 0.2) is 24.5 Å². The number of hydrogen-bond acceptors (Lipinski definition) is 7. The quantitative estimate of drug-likeness (QED) is 0.507. The molecule has 3 heterocycles. The summed E-state index contributed by atoms with van der Waals surface area (Å²) in [5.74, 6) is 2.16. The van der Waals surface area contributed by atoms with E-state index in [0.29, 0.717) is 12.0 Å². The van der Waals surface area contributed by atoms with E-state index >= 15 is 0 Å². The first kappa shape index (κ1) is 21.8. The third-order valence-electron chi connectivity index (χ3n) is 6.90. The van der Waals surface area contributed by atoms with Crippen molar-refractivity contribution >= 4 is 34.3 Å². The average molecular weight is 452 g/mol. The van der Waals surface area contributed by atoms with Gasteiger partial charge < -0.3 is 25.2 Å². The van der Waals surface area contributed by atoms with E-state index in [1.165, 1.54) is 37.8 Å². The topological polar surface area (TPSA) is 95.5 Å². The van der Waals surface area contributed by atoms with Gasteiger partial charge in [0.15, 0.2) is 12.1 Å². The van der Waals surface area contributed by atoms with Crippen LogP contribution in [0.25, 0.3) is 11.2 Å². The highest BCUT2D eigenvalue weighted by Gasteiger charge is 2.22. The van der Waals surface area contributed by atoms with Crippen molar-refractivity contribution < 1.29 is 9.72 Å². The number of hydrogen-bond donors (Lipinski definition) is 3. The van der Waals surface area contributed by atoms with E-state index in [0.717, 1.165) is 61.1 Å². The summed E-state index contributed by atoms with van der Waals surface area (Å²) in [6.45, 7) is 7.58. The Labute approximate surface area is 195 Å². The third-order valence-corrected chi connectivity index (χ3v) is 6.90. The van der Waals surface area contributed by atoms with Crippen LogP contribution in [0.2, 0.25) is 0 Å². The van der Waals surface area contributed by atoms with Gasteiger partial charge in [-0.2, -0.15) is 4.98 Å². The van der Waals surface area contributed by atoms with Crippen molar-refractivity contribution in [1.82, 2.24) is 19.9 Å². The van der Waals surface area contributed by atoms with Crippen molar-refractivity contribution in [2.24, 2.45) is 0 Å². The first-order chi connectivity index (χ1) is 16.2. The van der Waals surface area contributed by atoms with Crippen LogP contribution in [0.5, 0.6) is 5.75 Å². The molecule has 2 fully saturated rings. The van der Waals surface area contributed by atoms with E-state index < -0.39 is 0 Å². The normalized spacial score (nSPS) is 17.9. The summed E-state index contributed by atoms with van der Waals surface area (Å²) in [6.07, 6.45) is 8.02. The standard InChI is InChI=1S/C24H34N8O/c1-3-31-11-13-32(14-12-31)18-9-10-19(20(15-18)33-2)28-24-29-22-21(25-16-26-22)23(30-24)27-17-7-5-4-6-8-17/h9-10,15-17H,3-8,11-14H2,1-2H3,(H3,25,26,27,28,29,30)/p+1. The Morgan fingerprint density at radius 3 is 2.70 bits per heavy atom. The zero-order valence-electron chi connectivity index (χ0n) is 19.7. The molecule has 4 N–H and O–H groups in total. The molecule has 0 atom stereocenters. The maximum Gasteiger partial charge on any atom is 0.307 e. The molecule has 2 aliphatic rings. The highest BCUT2D eigenvalue weighted by atomic mass is 16.5. The van der Waals surface area contributed by atoms with E-state index in [9.17, 15) is 0 Å². The van der Waals surface area contributed by atoms with Gasteiger partial charge in [0, 0.05) is 44.0 Å². The van der Waals surface area contributed by atoms with Crippen LogP contribution in [-0.4, -0.2) is 65.7 Å². The summed E-state index contributed by atoms with van der Waals surface area (Å²) in [6, 6.07) is 6.76. The first-order valence-electron chi connectivity index (χ1n) is 12.2. The molecule has 0 amide bonds. The van der Waals surface area contributed by atoms with E-state index in [-0.39, 0.29) is 0 Å². The van der Waals surface area contributed by atoms with Crippen LogP contribution in [0, 0.1) is 0 Å². The van der Waals surface area contributed by atoms with Crippen LogP contribution in [0.1, 0.15) is 39.0 Å². The molecule has 33 heavy (non-hydrogen) atoms. The lowest BCUT2D eigenvalue weighted by atomic mass is 9.95. The van der Waals surface area contributed by atoms with Gasteiger partial charge in [-0.1, -0.05) is 31.2 Å². The minimum absolute atomic E-state index is 0.454. The number of nitrogens with one attached hydrogen (secondary N) is 4. The van der Waals surface area contributed by atoms with Crippen LogP contribution in [0.3, 0.4) is 0 Å². The lowest BCUT2D eigenvalue weighted by Crippen LogP contribution is -2.46. The molecule has 9 nitrogen and oxygen atoms in total. The fourth-order valence-corrected chi connectivity index (χ4v) is 4.90. The number of benzene rings is 1. The Bertz CT molecular complexity index is 1070. The number of fused-ring (bicyclic) bond motifs is 1. The van der Waals surface area contributed by atoms with Gasteiger partial charge in [0.2, 0.25) is 5.52 Å². The Morgan fingerprint density at radius 1 is 1.12 bits per heavy atom. The Hall–Kier alpha value is -3.07. The zero-order valence-corrected chi connectivity index (χ0v) is 19.7. The molecule has 1 saturated heterocycles. The number of rotatable bonds is 7. The second-order valence-corrected chi connectivity index (χ2v) is 8.96. The molecule has 176 valence electrons. The number of aromatic nitrogens is 4. The number of likely N-dealkylation sites (N-methyl/N-ethyl adjacent to an activating group) is 1. The van der Waals surface area contributed by atoms with Crippen molar-refractivity contribution in [3.8, 4) is 5.75 Å². The largest absolute Gasteiger partial charge is 0.494 e. The molecule has 2 aromatic heterocycles. The number of ether oxygens (including phenoxy) is 1. The Morgan fingerprint density at radius 2 is 1.94 bits per heavy atom. The summed E-state index contributed by atoms with van der Waals surface area (Å²) >= 11 is 0. The minimum Gasteiger partial charge on any atom is -0.494 e. The number of imidazole rings is 1. The zero-order chi connectivity index (χ0) is 22.6. The molecule has 0 radical (unpaired) electrons. The van der Waals surface area contributed by atoms with E-state index in [1.807, 2.05) is 0 Å². The lowest BCUT2D eigenvalue weighted by Gasteiger charge is -2.35. The predicted molar refractivity (Wildman–Crippen MR) is 132 cm³/mol. The van der Waals surface area contributed by atoms with Gasteiger partial charge in [-0.25, -0.2) is 4.98 Å². The lowest BCUT2D eigenvalue weighted by molar-refractivity contribution is -0.347. The fraction of sp³-hybridized carbons (Fsp3) is 0.542. The number of nitrogens with zero attached hydrogens (tertiary/aromatic N) is 4. The summed E-state index contributed by atoms with van der Waals surface area (Å²) in [5, 5.41) is 7.02. The second-order valence-electron chi connectivity index (χ2n) is 8.96. The summed E-state index contributed by atoms with van der Waals surface area (Å²) < 4.78 is 5.73. The molecule has 0 unspecified atom stereocenters. The van der Waals surface area contributed by atoms with Gasteiger partial charge in [0.05, 0.1) is 12.8 Å². The maximum atomic E-state index is 5.73. The summed E-state index contributed by atoms with van der Waals surface area (Å²) in [4.78, 5) is 20.8. The van der Waals surface area contributed by atoms with Crippen molar-refractivity contribution in [2.75, 3.05) is 55.4 Å². The first-order valence-corrected chi connectivity index (χ1v) is 12.2. The Kier molecular flexibility index (Phi) is 6.48. The molecule has 0 bridgehead atoms. The van der Waals surface area contributed by atoms with Gasteiger partial charge in [-0.05, 0) is 31.5 Å².